The number of hydrogen-bond donors (Lipinski definition) is 1. The summed E-state index contributed by atoms with van der Waals surface area (Å²) in [4.78, 5) is 39.4. The molecule has 1 aliphatic heterocycles. The van der Waals surface area contributed by atoms with Crippen LogP contribution in [-0.2, 0) is 17.8 Å². The Bertz CT molecular complexity index is 1540. The maximum absolute atomic E-state index is 13.6. The van der Waals surface area contributed by atoms with Crippen molar-refractivity contribution in [1.29, 1.82) is 0 Å². The molecule has 5 rings (SSSR count). The second kappa shape index (κ2) is 8.33. The van der Waals surface area contributed by atoms with Crippen molar-refractivity contribution in [3.8, 4) is 11.5 Å². The van der Waals surface area contributed by atoms with Gasteiger partial charge in [0.25, 0.3) is 5.56 Å². The Kier molecular flexibility index (Phi) is 5.32. The molecule has 0 bridgehead atoms. The fourth-order valence-electron chi connectivity index (χ4n) is 4.54. The SMILES string of the molecule is Cc1ccc2occ([C@@H]3CC(=O)Oc4cc(C)n(CCc5ccc(O)cc5)c(=O)c43)c(=O)c2c1. The van der Waals surface area contributed by atoms with Crippen LogP contribution in [0.3, 0.4) is 0 Å². The summed E-state index contributed by atoms with van der Waals surface area (Å²) in [5.74, 6) is -0.888. The molecule has 0 saturated heterocycles. The zero-order valence-electron chi connectivity index (χ0n) is 18.8. The lowest BCUT2D eigenvalue weighted by molar-refractivity contribution is -0.135. The van der Waals surface area contributed by atoms with Crippen molar-refractivity contribution >= 4 is 16.9 Å². The Labute approximate surface area is 194 Å². The van der Waals surface area contributed by atoms with Gasteiger partial charge in [0.2, 0.25) is 0 Å². The minimum absolute atomic E-state index is 0.120. The minimum atomic E-state index is -0.759. The molecule has 34 heavy (non-hydrogen) atoms. The van der Waals surface area contributed by atoms with E-state index in [-0.39, 0.29) is 40.0 Å². The number of pyridine rings is 1. The first kappa shape index (κ1) is 21.7. The lowest BCUT2D eigenvalue weighted by atomic mass is 9.87. The number of aryl methyl sites for hydroxylation is 3. The normalized spacial score (nSPS) is 15.2. The van der Waals surface area contributed by atoms with Gasteiger partial charge in [0, 0.05) is 29.8 Å². The first-order chi connectivity index (χ1) is 16.3. The first-order valence-corrected chi connectivity index (χ1v) is 11.1. The van der Waals surface area contributed by atoms with Gasteiger partial charge in [0.05, 0.1) is 23.6 Å². The molecule has 1 atom stereocenters. The predicted octanol–water partition coefficient (Wildman–Crippen LogP) is 3.96. The summed E-state index contributed by atoms with van der Waals surface area (Å²) in [5.41, 5.74) is 2.98. The van der Waals surface area contributed by atoms with Crippen molar-refractivity contribution in [2.45, 2.75) is 39.2 Å². The highest BCUT2D eigenvalue weighted by Crippen LogP contribution is 2.36. The summed E-state index contributed by atoms with van der Waals surface area (Å²) in [5, 5.41) is 9.91. The second-order valence-electron chi connectivity index (χ2n) is 8.69. The predicted molar refractivity (Wildman–Crippen MR) is 127 cm³/mol. The molecule has 0 saturated carbocycles. The van der Waals surface area contributed by atoms with Crippen LogP contribution in [0.2, 0.25) is 0 Å². The third-order valence-corrected chi connectivity index (χ3v) is 6.34. The molecule has 0 fully saturated rings. The van der Waals surface area contributed by atoms with Crippen molar-refractivity contribution in [3.05, 3.63) is 103 Å². The smallest absolute Gasteiger partial charge is 0.312 e. The number of benzene rings is 2. The standard InChI is InChI=1S/C27H23NO6/c1-15-3-8-22-20(11-15)26(31)21(14-33-22)19-13-24(30)34-23-12-16(2)28(27(32)25(19)23)10-9-17-4-6-18(29)7-5-17/h3-8,11-12,14,19,29H,9-10,13H2,1-2H3/t19-/m0/s1. The average molecular weight is 457 g/mol. The van der Waals surface area contributed by atoms with Gasteiger partial charge in [-0.1, -0.05) is 23.8 Å². The number of hydrogen-bond acceptors (Lipinski definition) is 6. The Morgan fingerprint density at radius 1 is 1.03 bits per heavy atom. The van der Waals surface area contributed by atoms with Crippen LogP contribution in [0.4, 0.5) is 0 Å². The van der Waals surface area contributed by atoms with Gasteiger partial charge in [0.15, 0.2) is 5.43 Å². The third kappa shape index (κ3) is 3.79. The van der Waals surface area contributed by atoms with Crippen LogP contribution < -0.4 is 15.7 Å². The Hall–Kier alpha value is -4.13. The Morgan fingerprint density at radius 2 is 1.79 bits per heavy atom. The van der Waals surface area contributed by atoms with Crippen molar-refractivity contribution in [3.63, 3.8) is 0 Å². The molecule has 3 heterocycles. The molecule has 1 aliphatic rings. The number of carbonyl (C=O) groups excluding carboxylic acids is 1. The molecule has 7 nitrogen and oxygen atoms in total. The molecular formula is C27H23NO6. The van der Waals surface area contributed by atoms with Crippen molar-refractivity contribution < 1.29 is 19.1 Å². The van der Waals surface area contributed by atoms with Crippen LogP contribution in [0.25, 0.3) is 11.0 Å². The maximum Gasteiger partial charge on any atom is 0.312 e. The number of aromatic nitrogens is 1. The van der Waals surface area contributed by atoms with Gasteiger partial charge in [-0.15, -0.1) is 0 Å². The van der Waals surface area contributed by atoms with Gasteiger partial charge >= 0.3 is 5.97 Å². The Morgan fingerprint density at radius 3 is 2.56 bits per heavy atom. The molecule has 1 N–H and O–H groups in total. The monoisotopic (exact) mass is 457 g/mol. The number of nitrogens with zero attached hydrogens (tertiary/aromatic N) is 1. The fraction of sp³-hybridized carbons (Fsp3) is 0.222. The van der Waals surface area contributed by atoms with Crippen LogP contribution in [0.5, 0.6) is 11.5 Å². The minimum Gasteiger partial charge on any atom is -0.508 e. The van der Waals surface area contributed by atoms with E-state index < -0.39 is 11.9 Å². The van der Waals surface area contributed by atoms with E-state index in [0.29, 0.717) is 29.6 Å². The quantitative estimate of drug-likeness (QED) is 0.466. The van der Waals surface area contributed by atoms with Crippen LogP contribution in [0, 0.1) is 13.8 Å². The second-order valence-corrected chi connectivity index (χ2v) is 8.69. The summed E-state index contributed by atoms with van der Waals surface area (Å²) >= 11 is 0. The van der Waals surface area contributed by atoms with E-state index in [4.69, 9.17) is 9.15 Å². The molecule has 172 valence electrons. The van der Waals surface area contributed by atoms with Crippen LogP contribution in [0.15, 0.2) is 68.8 Å². The highest BCUT2D eigenvalue weighted by molar-refractivity contribution is 5.80. The number of rotatable bonds is 4. The van der Waals surface area contributed by atoms with E-state index in [1.165, 1.54) is 6.26 Å². The van der Waals surface area contributed by atoms with Crippen molar-refractivity contribution in [2.75, 3.05) is 0 Å². The molecular weight excluding hydrogens is 434 g/mol. The molecule has 2 aromatic carbocycles. The number of fused-ring (bicyclic) bond motifs is 2. The lowest BCUT2D eigenvalue weighted by Crippen LogP contribution is -2.35. The summed E-state index contributed by atoms with van der Waals surface area (Å²) in [7, 11) is 0. The molecule has 0 unspecified atom stereocenters. The van der Waals surface area contributed by atoms with Crippen LogP contribution in [-0.4, -0.2) is 15.6 Å². The largest absolute Gasteiger partial charge is 0.508 e. The van der Waals surface area contributed by atoms with Gasteiger partial charge in [-0.3, -0.25) is 14.4 Å². The highest BCUT2D eigenvalue weighted by Gasteiger charge is 2.34. The molecule has 0 spiro atoms. The number of carbonyl (C=O) groups is 1. The highest BCUT2D eigenvalue weighted by atomic mass is 16.5. The number of aromatic hydroxyl groups is 1. The third-order valence-electron chi connectivity index (χ3n) is 6.34. The van der Waals surface area contributed by atoms with Gasteiger partial charge in [-0.05, 0) is 50.1 Å². The van der Waals surface area contributed by atoms with Gasteiger partial charge in [0.1, 0.15) is 17.1 Å². The summed E-state index contributed by atoms with van der Waals surface area (Å²) < 4.78 is 12.7. The van der Waals surface area contributed by atoms with E-state index in [0.717, 1.165) is 11.1 Å². The van der Waals surface area contributed by atoms with Crippen LogP contribution >= 0.6 is 0 Å². The van der Waals surface area contributed by atoms with Gasteiger partial charge in [-0.2, -0.15) is 0 Å². The van der Waals surface area contributed by atoms with Crippen LogP contribution in [0.1, 0.15) is 40.3 Å². The van der Waals surface area contributed by atoms with E-state index >= 15 is 0 Å². The molecule has 2 aromatic heterocycles. The van der Waals surface area contributed by atoms with Crippen molar-refractivity contribution in [2.24, 2.45) is 0 Å². The molecule has 0 radical (unpaired) electrons. The zero-order valence-corrected chi connectivity index (χ0v) is 18.8. The fourth-order valence-corrected chi connectivity index (χ4v) is 4.54. The number of esters is 1. The van der Waals surface area contributed by atoms with Crippen molar-refractivity contribution in [1.82, 2.24) is 4.57 Å². The summed E-state index contributed by atoms with van der Waals surface area (Å²) in [6, 6.07) is 13.8. The summed E-state index contributed by atoms with van der Waals surface area (Å²) in [6.07, 6.45) is 1.81. The number of ether oxygens (including phenoxy) is 1. The Balaban J connectivity index is 1.61. The average Bonchev–Trinajstić information content (AvgIpc) is 2.80. The number of phenols is 1. The topological polar surface area (TPSA) is 98.7 Å². The molecule has 4 aromatic rings. The first-order valence-electron chi connectivity index (χ1n) is 11.1. The molecule has 0 aliphatic carbocycles. The molecule has 7 heteroatoms. The van der Waals surface area contributed by atoms with E-state index in [1.54, 1.807) is 54.0 Å². The zero-order chi connectivity index (χ0) is 24.0. The van der Waals surface area contributed by atoms with E-state index in [9.17, 15) is 19.5 Å². The summed E-state index contributed by atoms with van der Waals surface area (Å²) in [6.45, 7) is 4.06. The van der Waals surface area contributed by atoms with Gasteiger partial charge in [-0.25, -0.2) is 0 Å². The van der Waals surface area contributed by atoms with Gasteiger partial charge < -0.3 is 18.8 Å². The lowest BCUT2D eigenvalue weighted by Gasteiger charge is -2.25. The van der Waals surface area contributed by atoms with E-state index in [1.807, 2.05) is 13.0 Å². The maximum atomic E-state index is 13.6. The number of phenolic OH excluding ortho intramolecular Hbond substituents is 1. The van der Waals surface area contributed by atoms with E-state index in [2.05, 4.69) is 0 Å². The molecule has 0 amide bonds.